The first-order chi connectivity index (χ1) is 11.0. The van der Waals surface area contributed by atoms with Gasteiger partial charge in [-0.3, -0.25) is 10.1 Å². The summed E-state index contributed by atoms with van der Waals surface area (Å²) in [5.41, 5.74) is 0.485. The van der Waals surface area contributed by atoms with Crippen molar-refractivity contribution in [1.29, 1.82) is 0 Å². The molecule has 0 unspecified atom stereocenters. The fourth-order valence-electron chi connectivity index (χ4n) is 1.72. The zero-order chi connectivity index (χ0) is 16.8. The first-order valence-electron chi connectivity index (χ1n) is 6.43. The van der Waals surface area contributed by atoms with Crippen LogP contribution in [0.25, 0.3) is 6.08 Å². The Morgan fingerprint density at radius 1 is 1.13 bits per heavy atom. The van der Waals surface area contributed by atoms with E-state index in [4.69, 9.17) is 9.84 Å². The van der Waals surface area contributed by atoms with E-state index in [1.54, 1.807) is 6.07 Å². The van der Waals surface area contributed by atoms with Crippen LogP contribution in [0.4, 0.5) is 5.69 Å². The second-order valence-corrected chi connectivity index (χ2v) is 4.44. The number of aromatic carboxylic acids is 1. The molecule has 0 spiro atoms. The second kappa shape index (κ2) is 6.99. The van der Waals surface area contributed by atoms with Crippen LogP contribution in [-0.2, 0) is 4.79 Å². The summed E-state index contributed by atoms with van der Waals surface area (Å²) in [5, 5.41) is 19.4. The predicted octanol–water partition coefficient (Wildman–Crippen LogP) is 2.91. The van der Waals surface area contributed by atoms with Gasteiger partial charge in [0.1, 0.15) is 5.75 Å². The molecule has 2 rings (SSSR count). The molecule has 0 atom stereocenters. The fourth-order valence-corrected chi connectivity index (χ4v) is 1.72. The number of nitrogens with zero attached hydrogens (tertiary/aromatic N) is 1. The Hall–Kier alpha value is -3.48. The maximum atomic E-state index is 11.7. The number of benzene rings is 2. The summed E-state index contributed by atoms with van der Waals surface area (Å²) in [7, 11) is 0. The molecular weight excluding hydrogens is 302 g/mol. The number of rotatable bonds is 5. The number of esters is 1. The van der Waals surface area contributed by atoms with E-state index in [1.165, 1.54) is 48.5 Å². The molecule has 23 heavy (non-hydrogen) atoms. The molecule has 116 valence electrons. The van der Waals surface area contributed by atoms with Gasteiger partial charge in [0.25, 0.3) is 5.69 Å². The molecule has 0 amide bonds. The van der Waals surface area contributed by atoms with Gasteiger partial charge in [0, 0.05) is 18.2 Å². The third kappa shape index (κ3) is 4.50. The van der Waals surface area contributed by atoms with Gasteiger partial charge in [0.15, 0.2) is 0 Å². The monoisotopic (exact) mass is 313 g/mol. The first-order valence-corrected chi connectivity index (χ1v) is 6.43. The summed E-state index contributed by atoms with van der Waals surface area (Å²) in [6.45, 7) is 0. The van der Waals surface area contributed by atoms with E-state index in [-0.39, 0.29) is 17.0 Å². The first kappa shape index (κ1) is 15.9. The minimum Gasteiger partial charge on any atom is -0.478 e. The Morgan fingerprint density at radius 2 is 1.83 bits per heavy atom. The molecule has 2 aromatic rings. The normalized spacial score (nSPS) is 10.4. The second-order valence-electron chi connectivity index (χ2n) is 4.44. The molecule has 0 radical (unpaired) electrons. The molecule has 0 aromatic heterocycles. The lowest BCUT2D eigenvalue weighted by atomic mass is 10.2. The van der Waals surface area contributed by atoms with Gasteiger partial charge < -0.3 is 9.84 Å². The lowest BCUT2D eigenvalue weighted by Gasteiger charge is -2.01. The van der Waals surface area contributed by atoms with Crippen molar-refractivity contribution in [3.8, 4) is 5.75 Å². The number of hydrogen-bond donors (Lipinski definition) is 1. The lowest BCUT2D eigenvalue weighted by molar-refractivity contribution is -0.384. The van der Waals surface area contributed by atoms with Crippen molar-refractivity contribution >= 4 is 23.7 Å². The predicted molar refractivity (Wildman–Crippen MR) is 81.2 cm³/mol. The van der Waals surface area contributed by atoms with Crippen molar-refractivity contribution in [2.75, 3.05) is 0 Å². The van der Waals surface area contributed by atoms with Crippen LogP contribution >= 0.6 is 0 Å². The number of hydrogen-bond acceptors (Lipinski definition) is 5. The maximum Gasteiger partial charge on any atom is 0.336 e. The summed E-state index contributed by atoms with van der Waals surface area (Å²) in [5.74, 6) is -1.56. The highest BCUT2D eigenvalue weighted by molar-refractivity contribution is 5.89. The van der Waals surface area contributed by atoms with Crippen molar-refractivity contribution in [3.63, 3.8) is 0 Å². The van der Waals surface area contributed by atoms with Crippen LogP contribution < -0.4 is 4.74 Å². The van der Waals surface area contributed by atoms with Gasteiger partial charge in [-0.1, -0.05) is 12.1 Å². The zero-order valence-electron chi connectivity index (χ0n) is 11.7. The quantitative estimate of drug-likeness (QED) is 0.299. The number of carbonyl (C=O) groups is 2. The van der Waals surface area contributed by atoms with Crippen molar-refractivity contribution < 1.29 is 24.4 Å². The number of ether oxygens (including phenoxy) is 1. The highest BCUT2D eigenvalue weighted by Crippen LogP contribution is 2.15. The molecular formula is C16H11NO6. The van der Waals surface area contributed by atoms with Crippen LogP contribution in [0.5, 0.6) is 5.75 Å². The molecule has 2 aromatic carbocycles. The van der Waals surface area contributed by atoms with E-state index in [0.717, 1.165) is 6.08 Å². The van der Waals surface area contributed by atoms with Gasteiger partial charge in [-0.2, -0.15) is 0 Å². The average Bonchev–Trinajstić information content (AvgIpc) is 2.53. The highest BCUT2D eigenvalue weighted by Gasteiger charge is 2.06. The Labute approximate surface area is 130 Å². The average molecular weight is 313 g/mol. The Morgan fingerprint density at radius 3 is 2.43 bits per heavy atom. The zero-order valence-corrected chi connectivity index (χ0v) is 11.7. The summed E-state index contributed by atoms with van der Waals surface area (Å²) < 4.78 is 5.00. The molecule has 0 bridgehead atoms. The van der Waals surface area contributed by atoms with Gasteiger partial charge in [-0.25, -0.2) is 9.59 Å². The fraction of sp³-hybridized carbons (Fsp3) is 0. The van der Waals surface area contributed by atoms with Gasteiger partial charge >= 0.3 is 11.9 Å². The molecule has 0 saturated carbocycles. The van der Waals surface area contributed by atoms with E-state index in [1.807, 2.05) is 0 Å². The number of carboxylic acids is 1. The van der Waals surface area contributed by atoms with Crippen molar-refractivity contribution in [2.45, 2.75) is 0 Å². The van der Waals surface area contributed by atoms with E-state index in [0.29, 0.717) is 5.56 Å². The number of nitro benzene ring substituents is 1. The number of carbonyl (C=O) groups excluding carboxylic acids is 1. The summed E-state index contributed by atoms with van der Waals surface area (Å²) >= 11 is 0. The molecule has 1 N–H and O–H groups in total. The number of non-ortho nitro benzene ring substituents is 1. The third-order valence-electron chi connectivity index (χ3n) is 2.81. The maximum absolute atomic E-state index is 11.7. The highest BCUT2D eigenvalue weighted by atomic mass is 16.6. The van der Waals surface area contributed by atoms with E-state index in [2.05, 4.69) is 0 Å². The van der Waals surface area contributed by atoms with Crippen LogP contribution in [0.2, 0.25) is 0 Å². The summed E-state index contributed by atoms with van der Waals surface area (Å²) in [6, 6.07) is 11.1. The Bertz CT molecular complexity index is 779. The molecule has 0 aliphatic carbocycles. The molecule has 0 heterocycles. The van der Waals surface area contributed by atoms with E-state index >= 15 is 0 Å². The van der Waals surface area contributed by atoms with Gasteiger partial charge in [0.2, 0.25) is 0 Å². The number of nitro groups is 1. The molecule has 0 aliphatic rings. The van der Waals surface area contributed by atoms with Gasteiger partial charge in [0.05, 0.1) is 10.5 Å². The van der Waals surface area contributed by atoms with Crippen LogP contribution in [0, 0.1) is 10.1 Å². The minimum atomic E-state index is -1.08. The van der Waals surface area contributed by atoms with Crippen molar-refractivity contribution in [1.82, 2.24) is 0 Å². The van der Waals surface area contributed by atoms with Gasteiger partial charge in [-0.15, -0.1) is 0 Å². The van der Waals surface area contributed by atoms with Crippen LogP contribution in [0.1, 0.15) is 15.9 Å². The van der Waals surface area contributed by atoms with Crippen molar-refractivity contribution in [2.24, 2.45) is 0 Å². The smallest absolute Gasteiger partial charge is 0.336 e. The minimum absolute atomic E-state index is 0.0789. The lowest BCUT2D eigenvalue weighted by Crippen LogP contribution is -2.04. The molecule has 0 aliphatic heterocycles. The van der Waals surface area contributed by atoms with Gasteiger partial charge in [-0.05, 0) is 35.9 Å². The van der Waals surface area contributed by atoms with Crippen LogP contribution in [0.3, 0.4) is 0 Å². The van der Waals surface area contributed by atoms with E-state index in [9.17, 15) is 19.7 Å². The summed E-state index contributed by atoms with van der Waals surface area (Å²) in [6.07, 6.45) is 2.52. The number of carboxylic acid groups (broad SMARTS) is 1. The molecule has 7 heteroatoms. The standard InChI is InChI=1S/C16H11NO6/c18-15(23-14-7-5-12(6-8-14)16(19)20)9-4-11-2-1-3-13(10-11)17(21)22/h1-10H,(H,19,20)/b9-4+. The molecule has 0 fully saturated rings. The topological polar surface area (TPSA) is 107 Å². The van der Waals surface area contributed by atoms with Crippen molar-refractivity contribution in [3.05, 3.63) is 75.8 Å². The molecule has 0 saturated heterocycles. The summed E-state index contributed by atoms with van der Waals surface area (Å²) in [4.78, 5) is 32.5. The van der Waals surface area contributed by atoms with E-state index < -0.39 is 16.9 Å². The Kier molecular flexibility index (Phi) is 4.83. The van der Waals surface area contributed by atoms with Crippen LogP contribution in [0.15, 0.2) is 54.6 Å². The van der Waals surface area contributed by atoms with Crippen LogP contribution in [-0.4, -0.2) is 22.0 Å². The Balaban J connectivity index is 2.02. The SMILES string of the molecule is O=C(/C=C/c1cccc([N+](=O)[O-])c1)Oc1ccc(C(=O)O)cc1. The largest absolute Gasteiger partial charge is 0.478 e. The third-order valence-corrected chi connectivity index (χ3v) is 2.81. The molecule has 7 nitrogen and oxygen atoms in total.